The number of hydrogen-bond donors (Lipinski definition) is 2. The van der Waals surface area contributed by atoms with Crippen LogP contribution < -0.4 is 11.1 Å². The molecule has 15 heavy (non-hydrogen) atoms. The van der Waals surface area contributed by atoms with Crippen molar-refractivity contribution in [3.05, 3.63) is 0 Å². The zero-order valence-electron chi connectivity index (χ0n) is 9.53. The average molecular weight is 215 g/mol. The number of nitrogens with two attached hydrogens (primary N) is 1. The van der Waals surface area contributed by atoms with Crippen molar-refractivity contribution in [3.8, 4) is 0 Å². The number of nitrogens with one attached hydrogen (secondary N) is 1. The van der Waals surface area contributed by atoms with Crippen molar-refractivity contribution < 1.29 is 9.53 Å². The molecule has 1 rings (SSSR count). The summed E-state index contributed by atoms with van der Waals surface area (Å²) in [6.45, 7) is 4.39. The molecule has 0 saturated carbocycles. The molecule has 0 spiro atoms. The fraction of sp³-hybridized carbons (Fsp3) is 0.900. The van der Waals surface area contributed by atoms with Crippen LogP contribution in [0.4, 0.5) is 4.79 Å². The Morgan fingerprint density at radius 1 is 1.67 bits per heavy atom. The maximum atomic E-state index is 10.3. The first-order valence-corrected chi connectivity index (χ1v) is 5.45. The van der Waals surface area contributed by atoms with Crippen LogP contribution in [0.1, 0.15) is 19.8 Å². The summed E-state index contributed by atoms with van der Waals surface area (Å²) in [4.78, 5) is 12.7. The molecule has 1 fully saturated rings. The molecule has 0 bridgehead atoms. The second-order valence-electron chi connectivity index (χ2n) is 4.17. The number of piperidine rings is 1. The number of hydrogen-bond acceptors (Lipinski definition) is 4. The zero-order chi connectivity index (χ0) is 11.3. The van der Waals surface area contributed by atoms with Crippen LogP contribution in [0.25, 0.3) is 0 Å². The van der Waals surface area contributed by atoms with Crippen LogP contribution in [0.5, 0.6) is 0 Å². The number of primary amides is 1. The molecular weight excluding hydrogens is 194 g/mol. The van der Waals surface area contributed by atoms with E-state index in [0.717, 1.165) is 19.4 Å². The van der Waals surface area contributed by atoms with Gasteiger partial charge in [0.2, 0.25) is 0 Å². The Balaban J connectivity index is 2.09. The Hall–Kier alpha value is -0.810. The Bertz CT molecular complexity index is 211. The van der Waals surface area contributed by atoms with Crippen LogP contribution in [0, 0.1) is 0 Å². The number of ether oxygens (including phenoxy) is 1. The molecule has 5 heteroatoms. The zero-order valence-corrected chi connectivity index (χ0v) is 9.53. The molecule has 5 nitrogen and oxygen atoms in total. The molecule has 1 saturated heterocycles. The first-order valence-electron chi connectivity index (χ1n) is 5.45. The number of carbonyl (C=O) groups is 1. The summed E-state index contributed by atoms with van der Waals surface area (Å²) in [6.07, 6.45) is 1.60. The monoisotopic (exact) mass is 215 g/mol. The lowest BCUT2D eigenvalue weighted by Crippen LogP contribution is -2.46. The Morgan fingerprint density at radius 3 is 3.00 bits per heavy atom. The molecule has 1 aliphatic heterocycles. The largest absolute Gasteiger partial charge is 0.448 e. The van der Waals surface area contributed by atoms with Crippen LogP contribution in [0.3, 0.4) is 0 Å². The smallest absolute Gasteiger partial charge is 0.404 e. The van der Waals surface area contributed by atoms with Crippen molar-refractivity contribution in [3.63, 3.8) is 0 Å². The fourth-order valence-electron chi connectivity index (χ4n) is 1.89. The fourth-order valence-corrected chi connectivity index (χ4v) is 1.89. The predicted molar refractivity (Wildman–Crippen MR) is 58.7 cm³/mol. The first kappa shape index (κ1) is 12.3. The summed E-state index contributed by atoms with van der Waals surface area (Å²) < 4.78 is 4.65. The van der Waals surface area contributed by atoms with Crippen molar-refractivity contribution in [2.75, 3.05) is 26.7 Å². The van der Waals surface area contributed by atoms with Gasteiger partial charge in [-0.1, -0.05) is 0 Å². The minimum atomic E-state index is -0.700. The summed E-state index contributed by atoms with van der Waals surface area (Å²) in [5.41, 5.74) is 4.86. The molecule has 2 unspecified atom stereocenters. The van der Waals surface area contributed by atoms with Gasteiger partial charge in [-0.05, 0) is 33.4 Å². The lowest BCUT2D eigenvalue weighted by atomic mass is 9.99. The van der Waals surface area contributed by atoms with Crippen molar-refractivity contribution in [1.29, 1.82) is 0 Å². The Labute approximate surface area is 90.9 Å². The van der Waals surface area contributed by atoms with E-state index in [9.17, 15) is 4.79 Å². The van der Waals surface area contributed by atoms with Gasteiger partial charge in [0.1, 0.15) is 6.61 Å². The van der Waals surface area contributed by atoms with Crippen molar-refractivity contribution in [1.82, 2.24) is 10.2 Å². The molecule has 1 heterocycles. The Morgan fingerprint density at radius 2 is 2.40 bits per heavy atom. The molecule has 0 aromatic rings. The molecule has 0 aromatic carbocycles. The summed E-state index contributed by atoms with van der Waals surface area (Å²) in [5.74, 6) is 0. The molecule has 88 valence electrons. The number of rotatable bonds is 4. The van der Waals surface area contributed by atoms with E-state index in [-0.39, 0.29) is 0 Å². The van der Waals surface area contributed by atoms with E-state index in [2.05, 4.69) is 28.9 Å². The maximum Gasteiger partial charge on any atom is 0.404 e. The van der Waals surface area contributed by atoms with Crippen LogP contribution in [-0.4, -0.2) is 49.8 Å². The number of carbonyl (C=O) groups excluding carboxylic acids is 1. The molecule has 0 aliphatic carbocycles. The molecule has 1 amide bonds. The number of likely N-dealkylation sites (tertiary alicyclic amines) is 1. The highest BCUT2D eigenvalue weighted by Crippen LogP contribution is 2.14. The van der Waals surface area contributed by atoms with Gasteiger partial charge in [0.15, 0.2) is 0 Å². The van der Waals surface area contributed by atoms with Gasteiger partial charge in [0.25, 0.3) is 0 Å². The molecule has 2 atom stereocenters. The van der Waals surface area contributed by atoms with Crippen LogP contribution in [0.2, 0.25) is 0 Å². The van der Waals surface area contributed by atoms with E-state index in [1.165, 1.54) is 0 Å². The van der Waals surface area contributed by atoms with E-state index in [0.29, 0.717) is 25.2 Å². The van der Waals surface area contributed by atoms with E-state index < -0.39 is 6.09 Å². The highest BCUT2D eigenvalue weighted by Gasteiger charge is 2.21. The second-order valence-corrected chi connectivity index (χ2v) is 4.17. The highest BCUT2D eigenvalue weighted by atomic mass is 16.5. The number of nitrogens with zero attached hydrogens (tertiary/aromatic N) is 1. The third kappa shape index (κ3) is 4.48. The molecule has 3 N–H and O–H groups in total. The first-order chi connectivity index (χ1) is 7.09. The van der Waals surface area contributed by atoms with Crippen molar-refractivity contribution in [2.45, 2.75) is 31.8 Å². The molecule has 1 aliphatic rings. The van der Waals surface area contributed by atoms with E-state index in [1.54, 1.807) is 0 Å². The quantitative estimate of drug-likeness (QED) is 0.655. The van der Waals surface area contributed by atoms with Gasteiger partial charge in [-0.2, -0.15) is 0 Å². The van der Waals surface area contributed by atoms with Crippen molar-refractivity contribution >= 4 is 6.09 Å². The van der Waals surface area contributed by atoms with Gasteiger partial charge >= 0.3 is 6.09 Å². The standard InChI is InChI=1S/C10H21N3O2/c1-8-7-9(3-5-13(8)2)12-4-6-15-10(11)14/h8-9,12H,3-7H2,1-2H3,(H2,11,14). The normalized spacial score (nSPS) is 27.6. The lowest BCUT2D eigenvalue weighted by molar-refractivity contribution is 0.144. The molecule has 0 radical (unpaired) electrons. The Kier molecular flexibility index (Phi) is 4.84. The summed E-state index contributed by atoms with van der Waals surface area (Å²) in [6, 6.07) is 1.15. The molecule has 0 aromatic heterocycles. The van der Waals surface area contributed by atoms with Gasteiger partial charge < -0.3 is 20.7 Å². The number of amides is 1. The minimum absolute atomic E-state index is 0.357. The predicted octanol–water partition coefficient (Wildman–Crippen LogP) is 0.154. The average Bonchev–Trinajstić information content (AvgIpc) is 2.18. The van der Waals surface area contributed by atoms with Gasteiger partial charge in [-0.25, -0.2) is 4.79 Å². The van der Waals surface area contributed by atoms with Gasteiger partial charge in [0, 0.05) is 18.6 Å². The minimum Gasteiger partial charge on any atom is -0.448 e. The lowest BCUT2D eigenvalue weighted by Gasteiger charge is -2.35. The topological polar surface area (TPSA) is 67.6 Å². The third-order valence-corrected chi connectivity index (χ3v) is 2.99. The van der Waals surface area contributed by atoms with Gasteiger partial charge in [0.05, 0.1) is 0 Å². The highest BCUT2D eigenvalue weighted by molar-refractivity contribution is 5.64. The summed E-state index contributed by atoms with van der Waals surface area (Å²) in [7, 11) is 2.15. The SMILES string of the molecule is CC1CC(NCCOC(N)=O)CCN1C. The third-order valence-electron chi connectivity index (χ3n) is 2.99. The van der Waals surface area contributed by atoms with Crippen molar-refractivity contribution in [2.24, 2.45) is 5.73 Å². The molecular formula is C10H21N3O2. The van der Waals surface area contributed by atoms with E-state index in [1.807, 2.05) is 0 Å². The van der Waals surface area contributed by atoms with Gasteiger partial charge in [-0.15, -0.1) is 0 Å². The van der Waals surface area contributed by atoms with Crippen LogP contribution in [-0.2, 0) is 4.74 Å². The van der Waals surface area contributed by atoms with Gasteiger partial charge in [-0.3, -0.25) is 0 Å². The maximum absolute atomic E-state index is 10.3. The summed E-state index contributed by atoms with van der Waals surface area (Å²) >= 11 is 0. The van der Waals surface area contributed by atoms with Crippen LogP contribution >= 0.6 is 0 Å². The van der Waals surface area contributed by atoms with Crippen LogP contribution in [0.15, 0.2) is 0 Å². The summed E-state index contributed by atoms with van der Waals surface area (Å²) in [5, 5.41) is 3.37. The van der Waals surface area contributed by atoms with E-state index in [4.69, 9.17) is 5.73 Å². The van der Waals surface area contributed by atoms with E-state index >= 15 is 0 Å². The second kappa shape index (κ2) is 5.92.